The first-order valence-corrected chi connectivity index (χ1v) is 8.21. The molecule has 1 aliphatic carbocycles. The standard InChI is InChI=1S/C17H24N4/c1-13-3-4-17(11-13)5-8-20(9-6-17)16-19-12-14(2)15-18-7-10-21(15)16/h7,10,12-13H,3-6,8-9,11H2,1-2H3. The van der Waals surface area contributed by atoms with E-state index in [9.17, 15) is 0 Å². The van der Waals surface area contributed by atoms with E-state index < -0.39 is 0 Å². The van der Waals surface area contributed by atoms with E-state index in [1.54, 1.807) is 0 Å². The number of anilines is 1. The van der Waals surface area contributed by atoms with Crippen molar-refractivity contribution in [1.82, 2.24) is 14.4 Å². The normalized spacial score (nSPS) is 25.0. The van der Waals surface area contributed by atoms with Gasteiger partial charge >= 0.3 is 0 Å². The van der Waals surface area contributed by atoms with Crippen LogP contribution < -0.4 is 4.90 Å². The van der Waals surface area contributed by atoms with Crippen molar-refractivity contribution in [2.24, 2.45) is 11.3 Å². The van der Waals surface area contributed by atoms with Crippen molar-refractivity contribution >= 4 is 11.6 Å². The molecule has 2 aromatic rings. The Kier molecular flexibility index (Phi) is 2.95. The Hall–Kier alpha value is -1.58. The summed E-state index contributed by atoms with van der Waals surface area (Å²) in [5, 5.41) is 0. The summed E-state index contributed by atoms with van der Waals surface area (Å²) in [5.74, 6) is 1.99. The topological polar surface area (TPSA) is 33.4 Å². The molecular weight excluding hydrogens is 260 g/mol. The van der Waals surface area contributed by atoms with Crippen molar-refractivity contribution in [3.63, 3.8) is 0 Å². The van der Waals surface area contributed by atoms with E-state index in [0.29, 0.717) is 5.41 Å². The van der Waals surface area contributed by atoms with Crippen LogP contribution in [-0.2, 0) is 0 Å². The van der Waals surface area contributed by atoms with Crippen LogP contribution in [0.2, 0.25) is 0 Å². The fourth-order valence-electron chi connectivity index (χ4n) is 4.40. The van der Waals surface area contributed by atoms with Crippen LogP contribution >= 0.6 is 0 Å². The van der Waals surface area contributed by atoms with E-state index in [1.807, 2.05) is 18.6 Å². The van der Waals surface area contributed by atoms with Crippen LogP contribution in [0.4, 0.5) is 5.95 Å². The maximum atomic E-state index is 4.68. The third-order valence-electron chi connectivity index (χ3n) is 5.64. The van der Waals surface area contributed by atoms with Crippen molar-refractivity contribution in [3.8, 4) is 0 Å². The molecule has 1 saturated heterocycles. The second-order valence-electron chi connectivity index (χ2n) is 7.20. The zero-order valence-corrected chi connectivity index (χ0v) is 13.0. The summed E-state index contributed by atoms with van der Waals surface area (Å²) in [4.78, 5) is 11.6. The van der Waals surface area contributed by atoms with Gasteiger partial charge in [0, 0.05) is 37.2 Å². The molecule has 4 rings (SSSR count). The fourth-order valence-corrected chi connectivity index (χ4v) is 4.40. The van der Waals surface area contributed by atoms with Crippen molar-refractivity contribution in [2.75, 3.05) is 18.0 Å². The summed E-state index contributed by atoms with van der Waals surface area (Å²) in [6.07, 6.45) is 12.8. The number of hydrogen-bond donors (Lipinski definition) is 0. The fraction of sp³-hybridized carbons (Fsp3) is 0.647. The molecule has 1 saturated carbocycles. The molecule has 1 spiro atoms. The van der Waals surface area contributed by atoms with E-state index in [4.69, 9.17) is 0 Å². The predicted molar refractivity (Wildman–Crippen MR) is 84.6 cm³/mol. The molecule has 0 aromatic carbocycles. The summed E-state index contributed by atoms with van der Waals surface area (Å²) >= 11 is 0. The van der Waals surface area contributed by atoms with E-state index in [0.717, 1.165) is 36.2 Å². The third-order valence-corrected chi connectivity index (χ3v) is 5.64. The molecule has 4 nitrogen and oxygen atoms in total. The quantitative estimate of drug-likeness (QED) is 0.804. The Bertz CT molecular complexity index is 652. The molecule has 112 valence electrons. The van der Waals surface area contributed by atoms with Crippen LogP contribution in [0.5, 0.6) is 0 Å². The van der Waals surface area contributed by atoms with Gasteiger partial charge in [0.05, 0.1) is 0 Å². The molecular formula is C17H24N4. The number of rotatable bonds is 1. The van der Waals surface area contributed by atoms with Gasteiger partial charge in [0.1, 0.15) is 5.65 Å². The van der Waals surface area contributed by atoms with Gasteiger partial charge in [-0.05, 0) is 43.9 Å². The van der Waals surface area contributed by atoms with E-state index in [1.165, 1.54) is 32.1 Å². The molecule has 2 aromatic heterocycles. The number of piperidine rings is 1. The van der Waals surface area contributed by atoms with E-state index in [-0.39, 0.29) is 0 Å². The molecule has 0 radical (unpaired) electrons. The van der Waals surface area contributed by atoms with Gasteiger partial charge in [-0.15, -0.1) is 0 Å². The predicted octanol–water partition coefficient (Wildman–Crippen LogP) is 3.44. The highest BCUT2D eigenvalue weighted by molar-refractivity contribution is 5.52. The molecule has 1 unspecified atom stereocenters. The van der Waals surface area contributed by atoms with Crippen molar-refractivity contribution < 1.29 is 0 Å². The lowest BCUT2D eigenvalue weighted by Gasteiger charge is -2.40. The average Bonchev–Trinajstić information content (AvgIpc) is 3.09. The molecule has 3 heterocycles. The highest BCUT2D eigenvalue weighted by atomic mass is 15.3. The Balaban J connectivity index is 1.58. The lowest BCUT2D eigenvalue weighted by atomic mass is 9.76. The summed E-state index contributed by atoms with van der Waals surface area (Å²) < 4.78 is 2.14. The van der Waals surface area contributed by atoms with Gasteiger partial charge in [0.15, 0.2) is 0 Å². The SMILES string of the molecule is Cc1cnc(N2CCC3(CCC(C)C3)CC2)n2ccnc12. The maximum absolute atomic E-state index is 4.68. The lowest BCUT2D eigenvalue weighted by Crippen LogP contribution is -2.40. The number of hydrogen-bond acceptors (Lipinski definition) is 3. The first-order valence-electron chi connectivity index (χ1n) is 8.21. The zero-order chi connectivity index (χ0) is 14.4. The third kappa shape index (κ3) is 2.12. The molecule has 21 heavy (non-hydrogen) atoms. The van der Waals surface area contributed by atoms with Crippen molar-refractivity contribution in [3.05, 3.63) is 24.2 Å². The van der Waals surface area contributed by atoms with Crippen LogP contribution in [0.15, 0.2) is 18.6 Å². The number of imidazole rings is 1. The summed E-state index contributed by atoms with van der Waals surface area (Å²) in [6, 6.07) is 0. The van der Waals surface area contributed by atoms with Crippen LogP contribution in [0.3, 0.4) is 0 Å². The highest BCUT2D eigenvalue weighted by Crippen LogP contribution is 2.48. The largest absolute Gasteiger partial charge is 0.342 e. The van der Waals surface area contributed by atoms with Gasteiger partial charge in [-0.1, -0.05) is 13.3 Å². The Morgan fingerprint density at radius 2 is 2.00 bits per heavy atom. The number of aryl methyl sites for hydroxylation is 1. The van der Waals surface area contributed by atoms with Gasteiger partial charge in [-0.3, -0.25) is 4.40 Å². The van der Waals surface area contributed by atoms with Crippen molar-refractivity contribution in [2.45, 2.75) is 46.0 Å². The average molecular weight is 284 g/mol. The van der Waals surface area contributed by atoms with Crippen molar-refractivity contribution in [1.29, 1.82) is 0 Å². The van der Waals surface area contributed by atoms with Crippen LogP contribution in [-0.4, -0.2) is 27.5 Å². The Morgan fingerprint density at radius 3 is 2.71 bits per heavy atom. The van der Waals surface area contributed by atoms with Gasteiger partial charge in [-0.2, -0.15) is 0 Å². The van der Waals surface area contributed by atoms with Gasteiger partial charge in [0.2, 0.25) is 5.95 Å². The van der Waals surface area contributed by atoms with Crippen LogP contribution in [0.1, 0.15) is 44.6 Å². The van der Waals surface area contributed by atoms with E-state index in [2.05, 4.69) is 33.1 Å². The van der Waals surface area contributed by atoms with Gasteiger partial charge < -0.3 is 4.90 Å². The Labute approximate surface area is 126 Å². The molecule has 0 bridgehead atoms. The van der Waals surface area contributed by atoms with Crippen LogP contribution in [0.25, 0.3) is 5.65 Å². The minimum absolute atomic E-state index is 0.634. The minimum atomic E-state index is 0.634. The minimum Gasteiger partial charge on any atom is -0.342 e. The molecule has 4 heteroatoms. The molecule has 0 amide bonds. The molecule has 2 aliphatic rings. The number of aromatic nitrogens is 3. The zero-order valence-electron chi connectivity index (χ0n) is 13.0. The van der Waals surface area contributed by atoms with Gasteiger partial charge in [0.25, 0.3) is 0 Å². The maximum Gasteiger partial charge on any atom is 0.211 e. The number of nitrogens with zero attached hydrogens (tertiary/aromatic N) is 4. The van der Waals surface area contributed by atoms with E-state index >= 15 is 0 Å². The monoisotopic (exact) mass is 284 g/mol. The smallest absolute Gasteiger partial charge is 0.211 e. The first kappa shape index (κ1) is 13.1. The molecule has 0 N–H and O–H groups in total. The summed E-state index contributed by atoms with van der Waals surface area (Å²) in [5.41, 5.74) is 2.81. The lowest BCUT2D eigenvalue weighted by molar-refractivity contribution is 0.218. The first-order chi connectivity index (χ1) is 10.2. The molecule has 2 fully saturated rings. The summed E-state index contributed by atoms with van der Waals surface area (Å²) in [7, 11) is 0. The molecule has 1 atom stereocenters. The second kappa shape index (κ2) is 4.72. The second-order valence-corrected chi connectivity index (χ2v) is 7.20. The highest BCUT2D eigenvalue weighted by Gasteiger charge is 2.40. The molecule has 1 aliphatic heterocycles. The summed E-state index contributed by atoms with van der Waals surface area (Å²) in [6.45, 7) is 6.76. The number of fused-ring (bicyclic) bond motifs is 1. The van der Waals surface area contributed by atoms with Crippen LogP contribution in [0, 0.1) is 18.3 Å². The Morgan fingerprint density at radius 1 is 1.19 bits per heavy atom. The van der Waals surface area contributed by atoms with Gasteiger partial charge in [-0.25, -0.2) is 9.97 Å².